The Morgan fingerprint density at radius 3 is 2.00 bits per heavy atom. The van der Waals surface area contributed by atoms with Crippen molar-refractivity contribution in [3.8, 4) is 0 Å². The maximum atomic E-state index is 4.44. The van der Waals surface area contributed by atoms with Gasteiger partial charge in [0.25, 0.3) is 0 Å². The Morgan fingerprint density at radius 1 is 0.833 bits per heavy atom. The normalized spacial score (nSPS) is 21.1. The molecule has 3 heterocycles. The SMILES string of the molecule is c1nc(N2CCNCC2)nnc1N1CCNCC1. The van der Waals surface area contributed by atoms with Crippen LogP contribution in [-0.4, -0.2) is 67.5 Å². The predicted octanol–water partition coefficient (Wildman–Crippen LogP) is -1.31. The first-order valence-corrected chi connectivity index (χ1v) is 6.54. The predicted molar refractivity (Wildman–Crippen MR) is 70.0 cm³/mol. The highest BCUT2D eigenvalue weighted by Gasteiger charge is 2.16. The Kier molecular flexibility index (Phi) is 3.51. The van der Waals surface area contributed by atoms with Gasteiger partial charge in [0.05, 0.1) is 6.20 Å². The van der Waals surface area contributed by atoms with Crippen molar-refractivity contribution in [1.29, 1.82) is 0 Å². The van der Waals surface area contributed by atoms with E-state index in [1.165, 1.54) is 0 Å². The second-order valence-corrected chi connectivity index (χ2v) is 4.59. The largest absolute Gasteiger partial charge is 0.351 e. The summed E-state index contributed by atoms with van der Waals surface area (Å²) in [6.07, 6.45) is 1.84. The monoisotopic (exact) mass is 249 g/mol. The van der Waals surface area contributed by atoms with Crippen LogP contribution in [0.5, 0.6) is 0 Å². The summed E-state index contributed by atoms with van der Waals surface area (Å²) < 4.78 is 0. The van der Waals surface area contributed by atoms with E-state index in [1.807, 2.05) is 6.20 Å². The summed E-state index contributed by atoms with van der Waals surface area (Å²) in [5, 5.41) is 15.2. The molecule has 0 aromatic carbocycles. The molecule has 2 aliphatic heterocycles. The van der Waals surface area contributed by atoms with Crippen molar-refractivity contribution in [3.05, 3.63) is 6.20 Å². The van der Waals surface area contributed by atoms with Crippen LogP contribution < -0.4 is 20.4 Å². The van der Waals surface area contributed by atoms with Crippen LogP contribution in [0, 0.1) is 0 Å². The maximum Gasteiger partial charge on any atom is 0.245 e. The van der Waals surface area contributed by atoms with Crippen molar-refractivity contribution in [1.82, 2.24) is 25.8 Å². The van der Waals surface area contributed by atoms with Crippen LogP contribution in [0.3, 0.4) is 0 Å². The molecule has 98 valence electrons. The third kappa shape index (κ3) is 2.51. The average Bonchev–Trinajstić information content (AvgIpc) is 2.49. The summed E-state index contributed by atoms with van der Waals surface area (Å²) in [6.45, 7) is 7.84. The molecule has 2 N–H and O–H groups in total. The van der Waals surface area contributed by atoms with Crippen molar-refractivity contribution in [2.75, 3.05) is 62.2 Å². The van der Waals surface area contributed by atoms with Crippen LogP contribution in [-0.2, 0) is 0 Å². The van der Waals surface area contributed by atoms with E-state index in [4.69, 9.17) is 0 Å². The first-order chi connectivity index (χ1) is 8.93. The van der Waals surface area contributed by atoms with Gasteiger partial charge in [-0.15, -0.1) is 10.2 Å². The molecule has 0 bridgehead atoms. The summed E-state index contributed by atoms with van der Waals surface area (Å²) in [5.41, 5.74) is 0. The molecule has 18 heavy (non-hydrogen) atoms. The summed E-state index contributed by atoms with van der Waals surface area (Å²) in [4.78, 5) is 8.83. The van der Waals surface area contributed by atoms with E-state index in [9.17, 15) is 0 Å². The zero-order chi connectivity index (χ0) is 12.2. The number of aromatic nitrogens is 3. The lowest BCUT2D eigenvalue weighted by Crippen LogP contribution is -2.45. The third-order valence-electron chi connectivity index (χ3n) is 3.38. The second kappa shape index (κ2) is 5.45. The lowest BCUT2D eigenvalue weighted by atomic mass is 10.3. The Balaban J connectivity index is 1.67. The van der Waals surface area contributed by atoms with Crippen molar-refractivity contribution in [2.24, 2.45) is 0 Å². The highest BCUT2D eigenvalue weighted by molar-refractivity contribution is 5.39. The highest BCUT2D eigenvalue weighted by atomic mass is 15.4. The van der Waals surface area contributed by atoms with E-state index < -0.39 is 0 Å². The number of anilines is 2. The van der Waals surface area contributed by atoms with Crippen molar-refractivity contribution < 1.29 is 0 Å². The molecule has 0 spiro atoms. The highest BCUT2D eigenvalue weighted by Crippen LogP contribution is 2.12. The molecule has 2 fully saturated rings. The van der Waals surface area contributed by atoms with Gasteiger partial charge in [-0.05, 0) is 0 Å². The summed E-state index contributed by atoms with van der Waals surface area (Å²) >= 11 is 0. The van der Waals surface area contributed by atoms with E-state index in [-0.39, 0.29) is 0 Å². The molecule has 2 aliphatic rings. The number of nitrogens with zero attached hydrogens (tertiary/aromatic N) is 5. The lowest BCUT2D eigenvalue weighted by molar-refractivity contribution is 0.569. The van der Waals surface area contributed by atoms with Gasteiger partial charge in [-0.1, -0.05) is 0 Å². The number of piperazine rings is 2. The number of hydrogen-bond acceptors (Lipinski definition) is 7. The quantitative estimate of drug-likeness (QED) is 0.674. The van der Waals surface area contributed by atoms with Crippen LogP contribution in [0.4, 0.5) is 11.8 Å². The summed E-state index contributed by atoms with van der Waals surface area (Å²) in [6, 6.07) is 0. The minimum absolute atomic E-state index is 0.746. The van der Waals surface area contributed by atoms with Gasteiger partial charge in [0.2, 0.25) is 5.95 Å². The molecule has 0 aliphatic carbocycles. The molecule has 0 atom stereocenters. The molecule has 7 heteroatoms. The minimum Gasteiger partial charge on any atom is -0.351 e. The van der Waals surface area contributed by atoms with E-state index in [1.54, 1.807) is 0 Å². The number of nitrogens with one attached hydrogen (secondary N) is 2. The molecule has 0 amide bonds. The molecule has 0 unspecified atom stereocenters. The minimum atomic E-state index is 0.746. The fourth-order valence-electron chi connectivity index (χ4n) is 2.31. The molecular weight excluding hydrogens is 230 g/mol. The third-order valence-corrected chi connectivity index (χ3v) is 3.38. The van der Waals surface area contributed by atoms with Gasteiger partial charge >= 0.3 is 0 Å². The van der Waals surface area contributed by atoms with Crippen LogP contribution in [0.1, 0.15) is 0 Å². The molecule has 0 radical (unpaired) electrons. The first kappa shape index (κ1) is 11.6. The topological polar surface area (TPSA) is 69.2 Å². The summed E-state index contributed by atoms with van der Waals surface area (Å²) in [7, 11) is 0. The van der Waals surface area contributed by atoms with Gasteiger partial charge in [-0.2, -0.15) is 0 Å². The Bertz CT molecular complexity index is 330. The van der Waals surface area contributed by atoms with Gasteiger partial charge in [0.15, 0.2) is 5.82 Å². The fourth-order valence-corrected chi connectivity index (χ4v) is 2.31. The molecule has 0 saturated carbocycles. The Labute approximate surface area is 107 Å². The number of rotatable bonds is 2. The van der Waals surface area contributed by atoms with Gasteiger partial charge in [0, 0.05) is 52.4 Å². The van der Waals surface area contributed by atoms with E-state index >= 15 is 0 Å². The van der Waals surface area contributed by atoms with Crippen LogP contribution >= 0.6 is 0 Å². The van der Waals surface area contributed by atoms with Gasteiger partial charge in [0.1, 0.15) is 0 Å². The molecule has 7 nitrogen and oxygen atoms in total. The Morgan fingerprint density at radius 2 is 1.44 bits per heavy atom. The average molecular weight is 249 g/mol. The van der Waals surface area contributed by atoms with Gasteiger partial charge < -0.3 is 20.4 Å². The number of hydrogen-bond donors (Lipinski definition) is 2. The van der Waals surface area contributed by atoms with Crippen molar-refractivity contribution >= 4 is 11.8 Å². The molecule has 3 rings (SSSR count). The first-order valence-electron chi connectivity index (χ1n) is 6.54. The van der Waals surface area contributed by atoms with Gasteiger partial charge in [-0.3, -0.25) is 0 Å². The van der Waals surface area contributed by atoms with Crippen LogP contribution in [0.15, 0.2) is 6.20 Å². The lowest BCUT2D eigenvalue weighted by Gasteiger charge is -2.29. The zero-order valence-corrected chi connectivity index (χ0v) is 10.5. The van der Waals surface area contributed by atoms with Crippen LogP contribution in [0.2, 0.25) is 0 Å². The molecule has 1 aromatic heterocycles. The zero-order valence-electron chi connectivity index (χ0n) is 10.5. The van der Waals surface area contributed by atoms with Crippen LogP contribution in [0.25, 0.3) is 0 Å². The van der Waals surface area contributed by atoms with E-state index in [0.717, 1.165) is 64.1 Å². The smallest absolute Gasteiger partial charge is 0.245 e. The Hall–Kier alpha value is -1.47. The van der Waals surface area contributed by atoms with E-state index in [0.29, 0.717) is 0 Å². The second-order valence-electron chi connectivity index (χ2n) is 4.59. The fraction of sp³-hybridized carbons (Fsp3) is 0.727. The van der Waals surface area contributed by atoms with Crippen molar-refractivity contribution in [3.63, 3.8) is 0 Å². The maximum absolute atomic E-state index is 4.44. The van der Waals surface area contributed by atoms with Gasteiger partial charge in [-0.25, -0.2) is 4.98 Å². The molecular formula is C11H19N7. The van der Waals surface area contributed by atoms with E-state index in [2.05, 4.69) is 35.6 Å². The summed E-state index contributed by atoms with van der Waals surface area (Å²) in [5.74, 6) is 1.63. The molecule has 1 aromatic rings. The van der Waals surface area contributed by atoms with Crippen molar-refractivity contribution in [2.45, 2.75) is 0 Å². The standard InChI is InChI=1S/C11H19N7/c1-5-17(6-2-12-1)10-9-14-11(16-15-10)18-7-3-13-4-8-18/h9,12-13H,1-8H2. The molecule has 2 saturated heterocycles.